The summed E-state index contributed by atoms with van der Waals surface area (Å²) in [5.41, 5.74) is 0.516. The quantitative estimate of drug-likeness (QED) is 0.353. The summed E-state index contributed by atoms with van der Waals surface area (Å²) in [6.45, 7) is 2.62. The summed E-state index contributed by atoms with van der Waals surface area (Å²) in [5.74, 6) is -0.936. The summed E-state index contributed by atoms with van der Waals surface area (Å²) in [4.78, 5) is 32.0. The highest BCUT2D eigenvalue weighted by Gasteiger charge is 2.48. The van der Waals surface area contributed by atoms with E-state index in [1.54, 1.807) is 35.8 Å². The molecule has 1 atom stereocenters. The summed E-state index contributed by atoms with van der Waals surface area (Å²) in [7, 11) is 0. The lowest BCUT2D eigenvalue weighted by Crippen LogP contribution is -2.28. The van der Waals surface area contributed by atoms with Gasteiger partial charge in [-0.2, -0.15) is 0 Å². The van der Waals surface area contributed by atoms with Crippen molar-refractivity contribution in [1.82, 2.24) is 4.98 Å². The zero-order chi connectivity index (χ0) is 20.4. The van der Waals surface area contributed by atoms with Crippen molar-refractivity contribution in [2.24, 2.45) is 0 Å². The maximum atomic E-state index is 12.9. The van der Waals surface area contributed by atoms with E-state index in [9.17, 15) is 14.7 Å². The van der Waals surface area contributed by atoms with Crippen LogP contribution in [0.1, 0.15) is 29.8 Å². The van der Waals surface area contributed by atoms with Crippen LogP contribution in [0.4, 0.5) is 5.13 Å². The Morgan fingerprint density at radius 1 is 1.17 bits per heavy atom. The molecule has 0 unspecified atom stereocenters. The normalized spacial score (nSPS) is 18.4. The molecule has 1 aliphatic rings. The molecule has 1 aliphatic heterocycles. The molecule has 3 aromatic rings. The van der Waals surface area contributed by atoms with Crippen molar-refractivity contribution in [2.45, 2.75) is 19.4 Å². The number of Topliss-reactive ketones (excluding diaryl/α,β-unsaturated/α-hetero) is 1. The highest BCUT2D eigenvalue weighted by atomic mass is 32.1. The second-order valence-electron chi connectivity index (χ2n) is 6.37. The maximum absolute atomic E-state index is 12.9. The predicted octanol–water partition coefficient (Wildman–Crippen LogP) is 4.62. The number of aromatic nitrogens is 1. The number of hydrogen-bond acceptors (Lipinski definition) is 7. The van der Waals surface area contributed by atoms with E-state index in [2.05, 4.69) is 4.98 Å². The molecule has 0 aliphatic carbocycles. The van der Waals surface area contributed by atoms with Gasteiger partial charge in [0.2, 0.25) is 0 Å². The van der Waals surface area contributed by atoms with Crippen LogP contribution in [0, 0.1) is 0 Å². The third-order valence-corrected chi connectivity index (χ3v) is 6.18. The molecule has 4 rings (SSSR count). The molecular formula is C21H18N2O4S2. The van der Waals surface area contributed by atoms with Gasteiger partial charge in [0, 0.05) is 22.0 Å². The van der Waals surface area contributed by atoms with E-state index in [0.29, 0.717) is 23.1 Å². The molecule has 1 saturated heterocycles. The van der Waals surface area contributed by atoms with Gasteiger partial charge in [-0.3, -0.25) is 14.5 Å². The minimum absolute atomic E-state index is 0.0647. The van der Waals surface area contributed by atoms with Gasteiger partial charge in [0.05, 0.1) is 12.2 Å². The molecule has 8 heteroatoms. The number of rotatable bonds is 6. The Kier molecular flexibility index (Phi) is 5.46. The molecule has 6 nitrogen and oxygen atoms in total. The SMILES string of the molecule is CCCOc1ccc(C(O)=C2C(=O)C(=O)N(c3nccs3)[C@@H]2c2cccs2)cc1. The first kappa shape index (κ1) is 19.4. The van der Waals surface area contributed by atoms with Crippen LogP contribution >= 0.6 is 22.7 Å². The minimum Gasteiger partial charge on any atom is -0.507 e. The molecule has 1 fully saturated rings. The monoisotopic (exact) mass is 426 g/mol. The Labute approximate surface area is 175 Å². The number of anilines is 1. The van der Waals surface area contributed by atoms with E-state index in [-0.39, 0.29) is 11.3 Å². The molecule has 148 valence electrons. The van der Waals surface area contributed by atoms with Crippen molar-refractivity contribution in [1.29, 1.82) is 0 Å². The second kappa shape index (κ2) is 8.18. The first-order valence-corrected chi connectivity index (χ1v) is 10.8. The summed E-state index contributed by atoms with van der Waals surface area (Å²) < 4.78 is 5.57. The van der Waals surface area contributed by atoms with E-state index in [1.165, 1.54) is 27.6 Å². The number of aliphatic hydroxyl groups excluding tert-OH is 1. The number of benzene rings is 1. The Morgan fingerprint density at radius 2 is 1.97 bits per heavy atom. The van der Waals surface area contributed by atoms with E-state index >= 15 is 0 Å². The number of ether oxygens (including phenoxy) is 1. The zero-order valence-corrected chi connectivity index (χ0v) is 17.2. The van der Waals surface area contributed by atoms with Gasteiger partial charge in [0.15, 0.2) is 5.13 Å². The third-order valence-electron chi connectivity index (χ3n) is 4.48. The molecule has 0 spiro atoms. The fraction of sp³-hybridized carbons (Fsp3) is 0.190. The Balaban J connectivity index is 1.79. The zero-order valence-electron chi connectivity index (χ0n) is 15.6. The molecule has 0 saturated carbocycles. The summed E-state index contributed by atoms with van der Waals surface area (Å²) in [5, 5.41) is 15.0. The summed E-state index contributed by atoms with van der Waals surface area (Å²) in [6, 6.07) is 9.82. The van der Waals surface area contributed by atoms with Crippen LogP contribution < -0.4 is 9.64 Å². The van der Waals surface area contributed by atoms with Crippen LogP contribution in [0.3, 0.4) is 0 Å². The van der Waals surface area contributed by atoms with Crippen molar-refractivity contribution in [3.8, 4) is 5.75 Å². The molecule has 2 aromatic heterocycles. The molecule has 0 bridgehead atoms. The average Bonchev–Trinajstić information content (AvgIpc) is 3.48. The topological polar surface area (TPSA) is 79.7 Å². The Morgan fingerprint density at radius 3 is 2.59 bits per heavy atom. The highest BCUT2D eigenvalue weighted by molar-refractivity contribution is 7.14. The summed E-state index contributed by atoms with van der Waals surface area (Å²) in [6.07, 6.45) is 2.47. The van der Waals surface area contributed by atoms with Crippen LogP contribution in [0.2, 0.25) is 0 Å². The van der Waals surface area contributed by atoms with Gasteiger partial charge in [-0.05, 0) is 42.1 Å². The standard InChI is InChI=1S/C21H18N2O4S2/c1-2-10-27-14-7-5-13(6-8-14)18(24)16-17(15-4-3-11-28-15)23(20(26)19(16)25)21-22-9-12-29-21/h3-9,11-12,17,24H,2,10H2,1H3/t17-/m1/s1. The van der Waals surface area contributed by atoms with Crippen LogP contribution in [0.15, 0.2) is 58.9 Å². The van der Waals surface area contributed by atoms with Crippen molar-refractivity contribution in [3.63, 3.8) is 0 Å². The summed E-state index contributed by atoms with van der Waals surface area (Å²) >= 11 is 2.69. The lowest BCUT2D eigenvalue weighted by atomic mass is 10.00. The van der Waals surface area contributed by atoms with Crippen molar-refractivity contribution >= 4 is 45.3 Å². The van der Waals surface area contributed by atoms with Gasteiger partial charge in [-0.25, -0.2) is 4.98 Å². The molecule has 0 radical (unpaired) electrons. The number of thiophene rings is 1. The van der Waals surface area contributed by atoms with Crippen LogP contribution in [0.25, 0.3) is 5.76 Å². The third kappa shape index (κ3) is 3.56. The fourth-order valence-electron chi connectivity index (χ4n) is 3.17. The lowest BCUT2D eigenvalue weighted by Gasteiger charge is -2.21. The van der Waals surface area contributed by atoms with Crippen LogP contribution in [0.5, 0.6) is 5.75 Å². The Bertz CT molecular complexity index is 1040. The maximum Gasteiger partial charge on any atom is 0.301 e. The molecule has 1 amide bonds. The molecule has 3 heterocycles. The molecule has 1 aromatic carbocycles. The van der Waals surface area contributed by atoms with Gasteiger partial charge in [-0.15, -0.1) is 22.7 Å². The first-order valence-electron chi connectivity index (χ1n) is 9.09. The van der Waals surface area contributed by atoms with Crippen molar-refractivity contribution < 1.29 is 19.4 Å². The number of thiazole rings is 1. The van der Waals surface area contributed by atoms with Gasteiger partial charge in [-0.1, -0.05) is 13.0 Å². The number of aliphatic hydroxyl groups is 1. The second-order valence-corrected chi connectivity index (χ2v) is 8.22. The number of carbonyl (C=O) groups is 2. The largest absolute Gasteiger partial charge is 0.507 e. The number of carbonyl (C=O) groups excluding carboxylic acids is 2. The number of hydrogen-bond donors (Lipinski definition) is 1. The fourth-order valence-corrected chi connectivity index (χ4v) is 4.66. The van der Waals surface area contributed by atoms with E-state index in [0.717, 1.165) is 11.3 Å². The van der Waals surface area contributed by atoms with Crippen LogP contribution in [-0.4, -0.2) is 28.4 Å². The van der Waals surface area contributed by atoms with Crippen molar-refractivity contribution in [2.75, 3.05) is 11.5 Å². The lowest BCUT2D eigenvalue weighted by molar-refractivity contribution is -0.132. The van der Waals surface area contributed by atoms with Gasteiger partial charge in [0.1, 0.15) is 17.6 Å². The number of amides is 1. The van der Waals surface area contributed by atoms with Gasteiger partial charge >= 0.3 is 5.91 Å². The van der Waals surface area contributed by atoms with Crippen molar-refractivity contribution in [3.05, 3.63) is 69.4 Å². The molecule has 29 heavy (non-hydrogen) atoms. The van der Waals surface area contributed by atoms with E-state index in [1.807, 2.05) is 24.4 Å². The Hall–Kier alpha value is -2.97. The van der Waals surface area contributed by atoms with E-state index < -0.39 is 17.7 Å². The molecular weight excluding hydrogens is 408 g/mol. The number of ketones is 1. The van der Waals surface area contributed by atoms with Gasteiger partial charge in [0.25, 0.3) is 5.78 Å². The van der Waals surface area contributed by atoms with Gasteiger partial charge < -0.3 is 9.84 Å². The van der Waals surface area contributed by atoms with Crippen LogP contribution in [-0.2, 0) is 9.59 Å². The van der Waals surface area contributed by atoms with E-state index in [4.69, 9.17) is 4.74 Å². The highest BCUT2D eigenvalue weighted by Crippen LogP contribution is 2.44. The average molecular weight is 427 g/mol. The minimum atomic E-state index is -0.720. The predicted molar refractivity (Wildman–Crippen MR) is 113 cm³/mol. The number of nitrogens with zero attached hydrogens (tertiary/aromatic N) is 2. The molecule has 1 N–H and O–H groups in total. The first-order chi connectivity index (χ1) is 14.1. The smallest absolute Gasteiger partial charge is 0.301 e.